The minimum absolute atomic E-state index is 0.0539. The lowest BCUT2D eigenvalue weighted by molar-refractivity contribution is -0.135. The number of halogens is 1. The zero-order valence-corrected chi connectivity index (χ0v) is 14.8. The van der Waals surface area contributed by atoms with E-state index in [1.54, 1.807) is 23.1 Å². The van der Waals surface area contributed by atoms with Crippen molar-refractivity contribution in [2.75, 3.05) is 13.1 Å². The number of carbonyl (C=O) groups is 2. The summed E-state index contributed by atoms with van der Waals surface area (Å²) in [7, 11) is 0. The van der Waals surface area contributed by atoms with Gasteiger partial charge in [0.25, 0.3) is 0 Å². The monoisotopic (exact) mass is 342 g/mol. The molecule has 1 fully saturated rings. The van der Waals surface area contributed by atoms with Gasteiger partial charge in [-0.05, 0) is 30.2 Å². The number of nitrogens with one attached hydrogen (secondary N) is 1. The van der Waals surface area contributed by atoms with Crippen molar-refractivity contribution in [3.05, 3.63) is 53.4 Å². The van der Waals surface area contributed by atoms with Crippen molar-refractivity contribution in [1.82, 2.24) is 10.2 Å². The molecule has 0 aromatic heterocycles. The molecule has 3 rings (SSSR count). The molecule has 2 heterocycles. The molecule has 2 aliphatic rings. The van der Waals surface area contributed by atoms with Gasteiger partial charge in [0.1, 0.15) is 5.82 Å². The average Bonchev–Trinajstić information content (AvgIpc) is 2.99. The van der Waals surface area contributed by atoms with Crippen LogP contribution in [0.3, 0.4) is 0 Å². The number of benzene rings is 1. The fourth-order valence-electron chi connectivity index (χ4n) is 3.21. The molecule has 1 aromatic carbocycles. The smallest absolute Gasteiger partial charge is 0.232 e. The van der Waals surface area contributed by atoms with Crippen LogP contribution >= 0.6 is 0 Å². The van der Waals surface area contributed by atoms with Crippen molar-refractivity contribution in [2.24, 2.45) is 5.41 Å². The van der Waals surface area contributed by atoms with E-state index in [0.29, 0.717) is 36.3 Å². The van der Waals surface area contributed by atoms with Gasteiger partial charge >= 0.3 is 0 Å². The molecular formula is C20H23FN2O2. The second-order valence-corrected chi connectivity index (χ2v) is 7.52. The van der Waals surface area contributed by atoms with E-state index < -0.39 is 11.2 Å². The zero-order valence-electron chi connectivity index (χ0n) is 14.8. The molecule has 4 nitrogen and oxygen atoms in total. The maximum atomic E-state index is 14.8. The van der Waals surface area contributed by atoms with Gasteiger partial charge < -0.3 is 10.2 Å². The predicted octanol–water partition coefficient (Wildman–Crippen LogP) is 3.21. The van der Waals surface area contributed by atoms with E-state index in [1.165, 1.54) is 6.07 Å². The summed E-state index contributed by atoms with van der Waals surface area (Å²) in [6.45, 7) is 6.60. The number of nitrogens with zero attached hydrogens (tertiary/aromatic N) is 1. The maximum absolute atomic E-state index is 14.8. The van der Waals surface area contributed by atoms with E-state index in [0.717, 1.165) is 0 Å². The van der Waals surface area contributed by atoms with Gasteiger partial charge in [-0.1, -0.05) is 39.0 Å². The van der Waals surface area contributed by atoms with Crippen LogP contribution < -0.4 is 5.32 Å². The molecule has 0 aliphatic carbocycles. The summed E-state index contributed by atoms with van der Waals surface area (Å²) >= 11 is 0. The molecule has 25 heavy (non-hydrogen) atoms. The highest BCUT2D eigenvalue weighted by Gasteiger charge is 2.31. The van der Waals surface area contributed by atoms with Crippen LogP contribution in [0.1, 0.15) is 44.2 Å². The molecule has 2 aliphatic heterocycles. The largest absolute Gasteiger partial charge is 0.356 e. The van der Waals surface area contributed by atoms with Gasteiger partial charge in [0.15, 0.2) is 0 Å². The minimum Gasteiger partial charge on any atom is -0.356 e. The highest BCUT2D eigenvalue weighted by Crippen LogP contribution is 2.32. The zero-order chi connectivity index (χ0) is 18.2. The predicted molar refractivity (Wildman–Crippen MR) is 95.1 cm³/mol. The Bertz CT molecular complexity index is 774. The molecule has 0 spiro atoms. The first-order chi connectivity index (χ1) is 11.8. The van der Waals surface area contributed by atoms with Crippen LogP contribution in [0.25, 0.3) is 5.70 Å². The van der Waals surface area contributed by atoms with E-state index in [-0.39, 0.29) is 17.7 Å². The number of hydrogen-bond acceptors (Lipinski definition) is 2. The molecule has 1 aromatic rings. The van der Waals surface area contributed by atoms with Gasteiger partial charge in [0, 0.05) is 24.1 Å². The van der Waals surface area contributed by atoms with Crippen LogP contribution in [0.2, 0.25) is 0 Å². The molecule has 5 heteroatoms. The topological polar surface area (TPSA) is 49.4 Å². The first-order valence-electron chi connectivity index (χ1n) is 8.55. The van der Waals surface area contributed by atoms with Crippen LogP contribution in [0.15, 0.2) is 36.4 Å². The second-order valence-electron chi connectivity index (χ2n) is 7.52. The lowest BCUT2D eigenvalue weighted by Gasteiger charge is -2.32. The van der Waals surface area contributed by atoms with Crippen molar-refractivity contribution in [2.45, 2.75) is 33.1 Å². The number of carbonyl (C=O) groups excluding carboxylic acids is 2. The third-order valence-corrected chi connectivity index (χ3v) is 4.58. The summed E-state index contributed by atoms with van der Waals surface area (Å²) in [4.78, 5) is 26.1. The Hall–Kier alpha value is -2.43. The summed E-state index contributed by atoms with van der Waals surface area (Å²) in [5.74, 6) is -0.820. The molecule has 2 amide bonds. The Morgan fingerprint density at radius 2 is 2.08 bits per heavy atom. The number of amides is 2. The fourth-order valence-corrected chi connectivity index (χ4v) is 3.21. The second kappa shape index (κ2) is 6.47. The summed E-state index contributed by atoms with van der Waals surface area (Å²) in [6, 6.07) is 4.88. The average molecular weight is 342 g/mol. The van der Waals surface area contributed by atoms with Crippen LogP contribution in [0.5, 0.6) is 0 Å². The molecule has 1 saturated heterocycles. The van der Waals surface area contributed by atoms with Gasteiger partial charge in [-0.3, -0.25) is 9.59 Å². The van der Waals surface area contributed by atoms with Crippen molar-refractivity contribution >= 4 is 17.5 Å². The fraction of sp³-hybridized carbons (Fsp3) is 0.400. The summed E-state index contributed by atoms with van der Waals surface area (Å²) in [5.41, 5.74) is 1.06. The normalized spacial score (nSPS) is 20.5. The molecule has 0 saturated carbocycles. The standard InChI is InChI=1S/C20H23FN2O2/c1-20(2,3)19(25)23-11-5-4-6-17(23)15-8-7-13(12-16(15)21)14-9-10-22-18(14)24/h4-8,12,14H,9-11H2,1-3H3,(H,22,24). The minimum atomic E-state index is -0.553. The van der Waals surface area contributed by atoms with Gasteiger partial charge in [-0.25, -0.2) is 4.39 Å². The van der Waals surface area contributed by atoms with Crippen molar-refractivity contribution < 1.29 is 14.0 Å². The van der Waals surface area contributed by atoms with Gasteiger partial charge in [-0.15, -0.1) is 0 Å². The van der Waals surface area contributed by atoms with Crippen LogP contribution in [0.4, 0.5) is 4.39 Å². The van der Waals surface area contributed by atoms with Crippen molar-refractivity contribution in [1.29, 1.82) is 0 Å². The summed E-state index contributed by atoms with van der Waals surface area (Å²) in [5, 5.41) is 2.77. The number of rotatable bonds is 2. The first-order valence-corrected chi connectivity index (χ1v) is 8.55. The third kappa shape index (κ3) is 3.36. The van der Waals surface area contributed by atoms with Crippen LogP contribution in [-0.2, 0) is 9.59 Å². The van der Waals surface area contributed by atoms with Crippen molar-refractivity contribution in [3.8, 4) is 0 Å². The highest BCUT2D eigenvalue weighted by atomic mass is 19.1. The summed E-state index contributed by atoms with van der Waals surface area (Å²) < 4.78 is 14.8. The maximum Gasteiger partial charge on any atom is 0.232 e. The molecule has 0 radical (unpaired) electrons. The highest BCUT2D eigenvalue weighted by molar-refractivity contribution is 5.91. The quantitative estimate of drug-likeness (QED) is 0.897. The molecule has 1 unspecified atom stereocenters. The van der Waals surface area contributed by atoms with Gasteiger partial charge in [0.05, 0.1) is 11.6 Å². The van der Waals surface area contributed by atoms with E-state index >= 15 is 0 Å². The molecule has 0 bridgehead atoms. The molecule has 1 N–H and O–H groups in total. The molecular weight excluding hydrogens is 319 g/mol. The Labute approximate surface area is 147 Å². The van der Waals surface area contributed by atoms with E-state index in [2.05, 4.69) is 5.32 Å². The lowest BCUT2D eigenvalue weighted by Crippen LogP contribution is -2.39. The van der Waals surface area contributed by atoms with E-state index in [1.807, 2.05) is 32.9 Å². The van der Waals surface area contributed by atoms with Crippen molar-refractivity contribution in [3.63, 3.8) is 0 Å². The Kier molecular flexibility index (Phi) is 4.50. The third-order valence-electron chi connectivity index (χ3n) is 4.58. The number of allylic oxidation sites excluding steroid dienone is 2. The first kappa shape index (κ1) is 17.4. The SMILES string of the molecule is CC(C)(C)C(=O)N1CC=CC=C1c1ccc(C2CCNC2=O)cc1F. The van der Waals surface area contributed by atoms with Crippen LogP contribution in [0, 0.1) is 11.2 Å². The van der Waals surface area contributed by atoms with Gasteiger partial charge in [-0.2, -0.15) is 0 Å². The molecule has 132 valence electrons. The van der Waals surface area contributed by atoms with E-state index in [4.69, 9.17) is 0 Å². The summed E-state index contributed by atoms with van der Waals surface area (Å²) in [6.07, 6.45) is 6.15. The van der Waals surface area contributed by atoms with Gasteiger partial charge in [0.2, 0.25) is 11.8 Å². The molecule has 1 atom stereocenters. The Balaban J connectivity index is 1.94. The van der Waals surface area contributed by atoms with Crippen LogP contribution in [-0.4, -0.2) is 29.8 Å². The Morgan fingerprint density at radius 3 is 2.68 bits per heavy atom. The Morgan fingerprint density at radius 1 is 1.32 bits per heavy atom. The van der Waals surface area contributed by atoms with E-state index in [9.17, 15) is 14.0 Å². The lowest BCUT2D eigenvalue weighted by atomic mass is 9.92. The number of hydrogen-bond donors (Lipinski definition) is 1.